The van der Waals surface area contributed by atoms with Crippen LogP contribution in [0.1, 0.15) is 60.2 Å². The van der Waals surface area contributed by atoms with Crippen LogP contribution < -0.4 is 10.1 Å². The van der Waals surface area contributed by atoms with Crippen LogP contribution in [0, 0.1) is 6.92 Å². The molecule has 2 aliphatic rings. The second-order valence-electron chi connectivity index (χ2n) is 9.47. The van der Waals surface area contributed by atoms with Crippen LogP contribution >= 0.6 is 0 Å². The molecule has 0 radical (unpaired) electrons. The van der Waals surface area contributed by atoms with E-state index in [0.717, 1.165) is 11.6 Å². The second-order valence-corrected chi connectivity index (χ2v) is 9.47. The number of fused-ring (bicyclic) bond motifs is 3. The molecule has 0 bridgehead atoms. The molecule has 192 valence electrons. The standard InChI is InChI=1S/C28H27NO8/c1-13-24(34)22(15(3)30)26-23(25(13)35)28(4)19(37-26)11-18(31)21(27(28)36)14(2)29-12-17(10-20(32)33)16-8-6-5-7-9-16/h5-9,11,17,29,34-35H,10,12H2,1-4H3,(H,32,33). The van der Waals surface area contributed by atoms with E-state index in [9.17, 15) is 34.5 Å². The Bertz CT molecular complexity index is 1420. The second kappa shape index (κ2) is 9.24. The molecule has 9 nitrogen and oxygen atoms in total. The molecule has 1 aliphatic carbocycles. The summed E-state index contributed by atoms with van der Waals surface area (Å²) in [6.07, 6.45) is 0.985. The lowest BCUT2D eigenvalue weighted by Crippen LogP contribution is -2.41. The van der Waals surface area contributed by atoms with E-state index in [4.69, 9.17) is 4.74 Å². The van der Waals surface area contributed by atoms with E-state index in [2.05, 4.69) is 5.32 Å². The summed E-state index contributed by atoms with van der Waals surface area (Å²) in [5.41, 5.74) is -0.904. The van der Waals surface area contributed by atoms with E-state index >= 15 is 0 Å². The summed E-state index contributed by atoms with van der Waals surface area (Å²) in [4.78, 5) is 50.7. The number of aliphatic carboxylic acids is 1. The number of carbonyl (C=O) groups excluding carboxylic acids is 3. The molecular formula is C28H27NO8. The topological polar surface area (TPSA) is 150 Å². The minimum absolute atomic E-state index is 0.00934. The number of allylic oxidation sites excluding steroid dienone is 4. The molecule has 4 rings (SSSR count). The fraction of sp³-hybridized carbons (Fsp3) is 0.286. The number of carboxylic acids is 1. The molecule has 9 heteroatoms. The van der Waals surface area contributed by atoms with E-state index in [-0.39, 0.29) is 52.4 Å². The third-order valence-corrected chi connectivity index (χ3v) is 7.07. The highest BCUT2D eigenvalue weighted by Gasteiger charge is 2.56. The van der Waals surface area contributed by atoms with Gasteiger partial charge in [0.05, 0.1) is 17.6 Å². The van der Waals surface area contributed by atoms with Crippen LogP contribution in [0.3, 0.4) is 0 Å². The quantitative estimate of drug-likeness (QED) is 0.252. The number of rotatable bonds is 7. The molecule has 0 aromatic heterocycles. The number of aromatic hydroxyl groups is 2. The Hall–Kier alpha value is -4.40. The molecule has 0 saturated carbocycles. The van der Waals surface area contributed by atoms with Gasteiger partial charge in [0, 0.05) is 29.8 Å². The number of ketones is 3. The van der Waals surface area contributed by atoms with Crippen molar-refractivity contribution >= 4 is 23.3 Å². The maximum absolute atomic E-state index is 13.9. The molecule has 2 unspecified atom stereocenters. The molecule has 4 N–H and O–H groups in total. The highest BCUT2D eigenvalue weighted by Crippen LogP contribution is 2.57. The van der Waals surface area contributed by atoms with Crippen molar-refractivity contribution in [2.45, 2.75) is 45.4 Å². The number of phenols is 2. The fourth-order valence-electron chi connectivity index (χ4n) is 4.97. The number of hydrogen-bond donors (Lipinski definition) is 4. The molecule has 37 heavy (non-hydrogen) atoms. The summed E-state index contributed by atoms with van der Waals surface area (Å²) in [6.45, 7) is 5.83. The van der Waals surface area contributed by atoms with Crippen LogP contribution in [0.15, 0.2) is 53.4 Å². The number of carbonyl (C=O) groups is 4. The normalized spacial score (nSPS) is 20.4. The average molecular weight is 506 g/mol. The van der Waals surface area contributed by atoms with Gasteiger partial charge in [0.1, 0.15) is 34.0 Å². The van der Waals surface area contributed by atoms with Gasteiger partial charge in [-0.05, 0) is 33.3 Å². The SMILES string of the molecule is CC(=O)c1c(O)c(C)c(O)c2c1OC1=CC(=O)C(=C(C)NCC(CC(=O)O)c3ccccc3)C(=O)C12C. The van der Waals surface area contributed by atoms with E-state index < -0.39 is 46.2 Å². The highest BCUT2D eigenvalue weighted by atomic mass is 16.5. The number of Topliss-reactive ketones (excluding diaryl/α,β-unsaturated/α-hetero) is 2. The van der Waals surface area contributed by atoms with Crippen molar-refractivity contribution in [1.29, 1.82) is 0 Å². The fourth-order valence-corrected chi connectivity index (χ4v) is 4.97. The minimum atomic E-state index is -1.62. The summed E-state index contributed by atoms with van der Waals surface area (Å²) in [6, 6.07) is 9.04. The zero-order valence-electron chi connectivity index (χ0n) is 20.8. The summed E-state index contributed by atoms with van der Waals surface area (Å²) < 4.78 is 5.76. The van der Waals surface area contributed by atoms with Crippen LogP contribution in [0.25, 0.3) is 0 Å². The lowest BCUT2D eigenvalue weighted by Gasteiger charge is -2.29. The van der Waals surface area contributed by atoms with Gasteiger partial charge in [-0.3, -0.25) is 19.2 Å². The Morgan fingerprint density at radius 1 is 1.08 bits per heavy atom. The van der Waals surface area contributed by atoms with Crippen LogP contribution in [0.4, 0.5) is 0 Å². The number of phenolic OH excluding ortho intramolecular Hbond substituents is 2. The zero-order valence-corrected chi connectivity index (χ0v) is 20.8. The zero-order chi connectivity index (χ0) is 27.2. The lowest BCUT2D eigenvalue weighted by molar-refractivity contribution is -0.137. The first-order valence-corrected chi connectivity index (χ1v) is 11.7. The Morgan fingerprint density at radius 3 is 2.32 bits per heavy atom. The van der Waals surface area contributed by atoms with Gasteiger partial charge in [-0.1, -0.05) is 30.3 Å². The predicted octanol–water partition coefficient (Wildman–Crippen LogP) is 3.42. The maximum atomic E-state index is 13.9. The molecule has 2 aromatic rings. The first-order valence-electron chi connectivity index (χ1n) is 11.7. The van der Waals surface area contributed by atoms with Crippen molar-refractivity contribution in [1.82, 2.24) is 5.32 Å². The molecular weight excluding hydrogens is 478 g/mol. The Balaban J connectivity index is 1.76. The molecule has 2 aromatic carbocycles. The Kier molecular flexibility index (Phi) is 6.41. The van der Waals surface area contributed by atoms with Gasteiger partial charge in [0.2, 0.25) is 0 Å². The number of ether oxygens (including phenoxy) is 1. The number of carboxylic acid groups (broad SMARTS) is 1. The van der Waals surface area contributed by atoms with Crippen molar-refractivity contribution < 1.29 is 39.2 Å². The molecule has 0 fully saturated rings. The van der Waals surface area contributed by atoms with Gasteiger partial charge >= 0.3 is 5.97 Å². The van der Waals surface area contributed by atoms with E-state index in [1.54, 1.807) is 19.1 Å². The van der Waals surface area contributed by atoms with Gasteiger partial charge in [-0.2, -0.15) is 0 Å². The van der Waals surface area contributed by atoms with E-state index in [1.165, 1.54) is 20.8 Å². The predicted molar refractivity (Wildman–Crippen MR) is 133 cm³/mol. The van der Waals surface area contributed by atoms with Crippen LogP contribution in [0.5, 0.6) is 17.2 Å². The number of hydrogen-bond acceptors (Lipinski definition) is 8. The number of benzene rings is 2. The Morgan fingerprint density at radius 2 is 1.73 bits per heavy atom. The molecule has 0 saturated heterocycles. The van der Waals surface area contributed by atoms with Crippen molar-refractivity contribution in [3.8, 4) is 17.2 Å². The minimum Gasteiger partial charge on any atom is -0.507 e. The maximum Gasteiger partial charge on any atom is 0.304 e. The van der Waals surface area contributed by atoms with Gasteiger partial charge in [-0.15, -0.1) is 0 Å². The lowest BCUT2D eigenvalue weighted by atomic mass is 9.70. The summed E-state index contributed by atoms with van der Waals surface area (Å²) in [7, 11) is 0. The van der Waals surface area contributed by atoms with Crippen molar-refractivity contribution in [3.63, 3.8) is 0 Å². The van der Waals surface area contributed by atoms with Gasteiger partial charge in [0.25, 0.3) is 0 Å². The molecule has 2 atom stereocenters. The first kappa shape index (κ1) is 25.7. The van der Waals surface area contributed by atoms with Crippen LogP contribution in [0.2, 0.25) is 0 Å². The van der Waals surface area contributed by atoms with Crippen molar-refractivity contribution in [2.75, 3.05) is 6.54 Å². The molecule has 1 heterocycles. The van der Waals surface area contributed by atoms with Gasteiger partial charge < -0.3 is 25.4 Å². The third-order valence-electron chi connectivity index (χ3n) is 7.07. The highest BCUT2D eigenvalue weighted by molar-refractivity contribution is 6.31. The van der Waals surface area contributed by atoms with Crippen LogP contribution in [-0.4, -0.2) is 45.2 Å². The van der Waals surface area contributed by atoms with Crippen molar-refractivity contribution in [2.24, 2.45) is 0 Å². The van der Waals surface area contributed by atoms with Gasteiger partial charge in [-0.25, -0.2) is 0 Å². The molecule has 1 aliphatic heterocycles. The number of nitrogens with one attached hydrogen (secondary N) is 1. The van der Waals surface area contributed by atoms with Crippen LogP contribution in [-0.2, 0) is 19.8 Å². The molecule has 0 amide bonds. The summed E-state index contributed by atoms with van der Waals surface area (Å²) in [5, 5.41) is 33.8. The Labute approximate surface area is 213 Å². The van der Waals surface area contributed by atoms with E-state index in [0.29, 0.717) is 0 Å². The monoisotopic (exact) mass is 505 g/mol. The average Bonchev–Trinajstić information content (AvgIpc) is 3.13. The van der Waals surface area contributed by atoms with Crippen molar-refractivity contribution in [3.05, 3.63) is 75.7 Å². The smallest absolute Gasteiger partial charge is 0.304 e. The van der Waals surface area contributed by atoms with E-state index in [1.807, 2.05) is 18.2 Å². The first-order chi connectivity index (χ1) is 17.4. The third kappa shape index (κ3) is 4.06. The summed E-state index contributed by atoms with van der Waals surface area (Å²) in [5.74, 6) is -4.28. The summed E-state index contributed by atoms with van der Waals surface area (Å²) >= 11 is 0. The largest absolute Gasteiger partial charge is 0.507 e. The molecule has 0 spiro atoms. The van der Waals surface area contributed by atoms with Gasteiger partial charge in [0.15, 0.2) is 17.3 Å².